The third-order valence-corrected chi connectivity index (χ3v) is 17.1. The monoisotopic (exact) mass is 622 g/mol. The summed E-state index contributed by atoms with van der Waals surface area (Å²) >= 11 is 4.92. The van der Waals surface area contributed by atoms with Crippen LogP contribution in [0.4, 0.5) is 10.9 Å². The smallest absolute Gasteiger partial charge is 0.192 e. The van der Waals surface area contributed by atoms with E-state index in [4.69, 9.17) is 8.85 Å². The van der Waals surface area contributed by atoms with Gasteiger partial charge in [0.25, 0.3) is 0 Å². The van der Waals surface area contributed by atoms with Gasteiger partial charge < -0.3 is 14.2 Å². The van der Waals surface area contributed by atoms with Gasteiger partial charge in [0.1, 0.15) is 10.4 Å². The van der Waals surface area contributed by atoms with Gasteiger partial charge in [0, 0.05) is 11.6 Å². The summed E-state index contributed by atoms with van der Waals surface area (Å²) in [5.74, 6) is 0.807. The first-order chi connectivity index (χ1) is 17.0. The van der Waals surface area contributed by atoms with Crippen LogP contribution in [0.25, 0.3) is 0 Å². The first kappa shape index (κ1) is 31.8. The van der Waals surface area contributed by atoms with Crippen molar-refractivity contribution in [2.75, 3.05) is 5.32 Å². The fourth-order valence-electron chi connectivity index (χ4n) is 2.50. The lowest BCUT2D eigenvalue weighted by molar-refractivity contribution is 0.272. The highest BCUT2D eigenvalue weighted by atomic mass is 79.9. The normalized spacial score (nSPS) is 12.6. The molecule has 3 rings (SSSR count). The lowest BCUT2D eigenvalue weighted by Gasteiger charge is -2.36. The standard InChI is InChI=1S/C15H23N3OSSi.C12H20BrNOSi/c1-15(2,3)21(4,5)19-11-12-7-6-8-13(17-12)18-14-16-9-10-20-14;1-12(2,3)16(4,5)15-9-10-7-6-8-11(13)14-10/h6-10H,11H2,1-5H3,(H,16,17,18);6-8H,9H2,1-5H3. The van der Waals surface area contributed by atoms with E-state index in [-0.39, 0.29) is 10.1 Å². The first-order valence-electron chi connectivity index (χ1n) is 12.5. The molecule has 0 aliphatic heterocycles. The van der Waals surface area contributed by atoms with Crippen LogP contribution in [0.1, 0.15) is 52.9 Å². The van der Waals surface area contributed by atoms with E-state index in [0.29, 0.717) is 13.2 Å². The van der Waals surface area contributed by atoms with Gasteiger partial charge in [0.15, 0.2) is 21.8 Å². The highest BCUT2D eigenvalue weighted by molar-refractivity contribution is 9.10. The Morgan fingerprint density at radius 1 is 0.811 bits per heavy atom. The number of thiazole rings is 1. The van der Waals surface area contributed by atoms with Gasteiger partial charge in [-0.2, -0.15) is 0 Å². The van der Waals surface area contributed by atoms with Crippen LogP contribution in [0.2, 0.25) is 36.3 Å². The summed E-state index contributed by atoms with van der Waals surface area (Å²) in [7, 11) is -3.40. The number of rotatable bonds is 8. The summed E-state index contributed by atoms with van der Waals surface area (Å²) in [5.41, 5.74) is 1.93. The maximum absolute atomic E-state index is 6.21. The van der Waals surface area contributed by atoms with Crippen LogP contribution >= 0.6 is 27.3 Å². The van der Waals surface area contributed by atoms with Gasteiger partial charge >= 0.3 is 0 Å². The van der Waals surface area contributed by atoms with E-state index >= 15 is 0 Å². The summed E-state index contributed by atoms with van der Waals surface area (Å²) in [5, 5.41) is 6.45. The number of anilines is 2. The van der Waals surface area contributed by atoms with E-state index < -0.39 is 16.6 Å². The number of hydrogen-bond donors (Lipinski definition) is 1. The fraction of sp³-hybridized carbons (Fsp3) is 0.519. The van der Waals surface area contributed by atoms with E-state index in [0.717, 1.165) is 26.9 Å². The molecule has 3 aromatic heterocycles. The van der Waals surface area contributed by atoms with Gasteiger partial charge in [-0.05, 0) is 76.5 Å². The molecule has 0 atom stereocenters. The van der Waals surface area contributed by atoms with Crippen LogP contribution in [0, 0.1) is 0 Å². The SMILES string of the molecule is CC(C)(C)[Si](C)(C)OCc1cccc(Br)n1.CC(C)(C)[Si](C)(C)OCc1cccc(Nc2nccs2)n1. The second-order valence-corrected chi connectivity index (χ2v) is 23.4. The molecule has 0 aliphatic carbocycles. The number of hydrogen-bond acceptors (Lipinski definition) is 7. The van der Waals surface area contributed by atoms with E-state index in [2.05, 4.69) is 104 Å². The first-order valence-corrected chi connectivity index (χ1v) is 20.0. The van der Waals surface area contributed by atoms with Crippen molar-refractivity contribution in [2.45, 2.75) is 91.0 Å². The lowest BCUT2D eigenvalue weighted by atomic mass is 10.2. The lowest BCUT2D eigenvalue weighted by Crippen LogP contribution is -2.40. The minimum Gasteiger partial charge on any atom is -0.411 e. The quantitative estimate of drug-likeness (QED) is 0.199. The van der Waals surface area contributed by atoms with Crippen molar-refractivity contribution in [3.8, 4) is 0 Å². The summed E-state index contributed by atoms with van der Waals surface area (Å²) in [6.45, 7) is 23.6. The molecular formula is C27H43BrN4O2SSi2. The third kappa shape index (κ3) is 10.3. The van der Waals surface area contributed by atoms with Gasteiger partial charge in [0.05, 0.1) is 24.6 Å². The molecule has 0 unspecified atom stereocenters. The second kappa shape index (κ2) is 13.1. The molecule has 10 heteroatoms. The maximum Gasteiger partial charge on any atom is 0.192 e. The Labute approximate surface area is 238 Å². The predicted molar refractivity (Wildman–Crippen MR) is 166 cm³/mol. The van der Waals surface area contributed by atoms with Crippen molar-refractivity contribution in [3.05, 3.63) is 64.0 Å². The molecule has 1 N–H and O–H groups in total. The molecule has 204 valence electrons. The Kier molecular flexibility index (Phi) is 11.2. The number of nitrogens with one attached hydrogen (secondary N) is 1. The Balaban J connectivity index is 0.000000271. The van der Waals surface area contributed by atoms with Crippen LogP contribution < -0.4 is 5.32 Å². The molecule has 3 heterocycles. The Bertz CT molecular complexity index is 1110. The van der Waals surface area contributed by atoms with Crippen LogP contribution in [-0.2, 0) is 22.1 Å². The molecule has 0 saturated carbocycles. The Hall–Kier alpha value is -1.44. The summed E-state index contributed by atoms with van der Waals surface area (Å²) < 4.78 is 13.2. The van der Waals surface area contributed by atoms with Gasteiger partial charge in [-0.15, -0.1) is 11.3 Å². The summed E-state index contributed by atoms with van der Waals surface area (Å²) in [4.78, 5) is 13.2. The average molecular weight is 624 g/mol. The van der Waals surface area contributed by atoms with Crippen molar-refractivity contribution in [3.63, 3.8) is 0 Å². The summed E-state index contributed by atoms with van der Waals surface area (Å²) in [6, 6.07) is 11.8. The Morgan fingerprint density at radius 3 is 1.78 bits per heavy atom. The van der Waals surface area contributed by atoms with Crippen molar-refractivity contribution in [1.29, 1.82) is 0 Å². The Morgan fingerprint density at radius 2 is 1.32 bits per heavy atom. The number of halogens is 1. The van der Waals surface area contributed by atoms with Gasteiger partial charge in [-0.25, -0.2) is 15.0 Å². The molecule has 0 bridgehead atoms. The van der Waals surface area contributed by atoms with Crippen LogP contribution in [0.5, 0.6) is 0 Å². The highest BCUT2D eigenvalue weighted by Crippen LogP contribution is 2.37. The molecule has 0 aliphatic rings. The zero-order valence-electron chi connectivity index (χ0n) is 24.0. The zero-order chi connectivity index (χ0) is 27.9. The zero-order valence-corrected chi connectivity index (χ0v) is 28.4. The molecule has 37 heavy (non-hydrogen) atoms. The van der Waals surface area contributed by atoms with E-state index in [1.165, 1.54) is 0 Å². The van der Waals surface area contributed by atoms with Crippen molar-refractivity contribution in [1.82, 2.24) is 15.0 Å². The number of nitrogens with zero attached hydrogens (tertiary/aromatic N) is 3. The fourth-order valence-corrected chi connectivity index (χ4v) is 5.30. The average Bonchev–Trinajstić information content (AvgIpc) is 3.29. The molecule has 0 fully saturated rings. The van der Waals surface area contributed by atoms with Crippen molar-refractivity contribution in [2.24, 2.45) is 0 Å². The molecular weight excluding hydrogens is 580 g/mol. The molecule has 0 aromatic carbocycles. The predicted octanol–water partition coefficient (Wildman–Crippen LogP) is 9.17. The topological polar surface area (TPSA) is 69.2 Å². The largest absolute Gasteiger partial charge is 0.411 e. The van der Waals surface area contributed by atoms with Crippen LogP contribution in [-0.4, -0.2) is 31.6 Å². The molecule has 0 amide bonds. The molecule has 0 spiro atoms. The minimum atomic E-state index is -1.74. The van der Waals surface area contributed by atoms with Gasteiger partial charge in [-0.1, -0.05) is 53.7 Å². The van der Waals surface area contributed by atoms with Gasteiger partial charge in [-0.3, -0.25) is 0 Å². The number of pyridine rings is 2. The maximum atomic E-state index is 6.21. The number of aromatic nitrogens is 3. The molecule has 0 radical (unpaired) electrons. The second-order valence-electron chi connectivity index (χ2n) is 12.0. The van der Waals surface area contributed by atoms with E-state index in [1.54, 1.807) is 17.5 Å². The van der Waals surface area contributed by atoms with Crippen molar-refractivity contribution >= 4 is 54.9 Å². The van der Waals surface area contributed by atoms with Crippen LogP contribution in [0.3, 0.4) is 0 Å². The van der Waals surface area contributed by atoms with Gasteiger partial charge in [0.2, 0.25) is 0 Å². The molecule has 3 aromatic rings. The molecule has 0 saturated heterocycles. The van der Waals surface area contributed by atoms with Crippen molar-refractivity contribution < 1.29 is 8.85 Å². The van der Waals surface area contributed by atoms with E-state index in [1.807, 2.05) is 41.8 Å². The minimum absolute atomic E-state index is 0.212. The molecule has 6 nitrogen and oxygen atoms in total. The third-order valence-electron chi connectivity index (χ3n) is 7.02. The highest BCUT2D eigenvalue weighted by Gasteiger charge is 2.37. The summed E-state index contributed by atoms with van der Waals surface area (Å²) in [6.07, 6.45) is 1.78. The van der Waals surface area contributed by atoms with E-state index in [9.17, 15) is 0 Å². The van der Waals surface area contributed by atoms with Crippen LogP contribution in [0.15, 0.2) is 52.6 Å².